The third-order valence-electron chi connectivity index (χ3n) is 7.93. The van der Waals surface area contributed by atoms with E-state index >= 15 is 0 Å². The summed E-state index contributed by atoms with van der Waals surface area (Å²) in [5, 5.41) is 0. The summed E-state index contributed by atoms with van der Waals surface area (Å²) >= 11 is 13.5. The van der Waals surface area contributed by atoms with Crippen LogP contribution in [0.3, 0.4) is 0 Å². The van der Waals surface area contributed by atoms with Crippen molar-refractivity contribution in [1.29, 1.82) is 0 Å². The Bertz CT molecular complexity index is 2340. The van der Waals surface area contributed by atoms with Crippen LogP contribution >= 0.6 is 63.7 Å². The molecule has 10 heteroatoms. The predicted octanol–water partition coefficient (Wildman–Crippen LogP) is 12.7. The van der Waals surface area contributed by atoms with Crippen LogP contribution < -0.4 is 10.1 Å². The van der Waals surface area contributed by atoms with Crippen LogP contribution in [-0.4, -0.2) is 19.9 Å². The van der Waals surface area contributed by atoms with E-state index in [9.17, 15) is 0 Å². The van der Waals surface area contributed by atoms with Crippen molar-refractivity contribution in [3.63, 3.8) is 0 Å². The fourth-order valence-corrected chi connectivity index (χ4v) is 6.58. The summed E-state index contributed by atoms with van der Waals surface area (Å²) in [6, 6.07) is 56.2. The van der Waals surface area contributed by atoms with E-state index in [1.54, 1.807) is 6.20 Å². The number of hydrogen-bond acceptors (Lipinski definition) is 4. The first kappa shape index (κ1) is 42.1. The van der Waals surface area contributed by atoms with Gasteiger partial charge in [-0.2, -0.15) is 4.40 Å². The molecule has 0 amide bonds. The zero-order valence-electron chi connectivity index (χ0n) is 30.3. The van der Waals surface area contributed by atoms with E-state index in [0.717, 1.165) is 53.6 Å². The van der Waals surface area contributed by atoms with E-state index in [0.29, 0.717) is 0 Å². The largest absolute Gasteiger partial charge is 0.398 e. The third kappa shape index (κ3) is 13.9. The van der Waals surface area contributed by atoms with Crippen molar-refractivity contribution in [2.24, 2.45) is 0 Å². The van der Waals surface area contributed by atoms with Crippen molar-refractivity contribution in [3.05, 3.63) is 235 Å². The molecule has 0 unspecified atom stereocenters. The number of nitrogens with two attached hydrogens (primary N) is 1. The molecular weight excluding hydrogens is 956 g/mol. The summed E-state index contributed by atoms with van der Waals surface area (Å²) < 4.78 is 6.28. The molecule has 0 saturated carbocycles. The van der Waals surface area contributed by atoms with Crippen molar-refractivity contribution in [3.8, 4) is 0 Å². The van der Waals surface area contributed by atoms with Crippen molar-refractivity contribution >= 4 is 86.1 Å². The maximum absolute atomic E-state index is 5.47. The Labute approximate surface area is 361 Å². The molecule has 56 heavy (non-hydrogen) atoms. The van der Waals surface area contributed by atoms with E-state index in [1.165, 1.54) is 22.2 Å². The van der Waals surface area contributed by atoms with Crippen LogP contribution in [0.2, 0.25) is 0 Å². The number of anilines is 1. The van der Waals surface area contributed by atoms with E-state index in [-0.39, 0.29) is 0 Å². The van der Waals surface area contributed by atoms with Crippen molar-refractivity contribution < 1.29 is 4.40 Å². The van der Waals surface area contributed by atoms with Gasteiger partial charge in [-0.25, -0.2) is 9.97 Å². The number of aromatic nitrogens is 5. The molecule has 0 bridgehead atoms. The Morgan fingerprint density at radius 1 is 0.464 bits per heavy atom. The van der Waals surface area contributed by atoms with Gasteiger partial charge in [0.15, 0.2) is 11.0 Å². The van der Waals surface area contributed by atoms with Gasteiger partial charge in [0, 0.05) is 68.0 Å². The van der Waals surface area contributed by atoms with Gasteiger partial charge in [-0.3, -0.25) is 9.97 Å². The second-order valence-corrected chi connectivity index (χ2v) is 15.3. The minimum absolute atomic E-state index is 0.785. The number of fused-ring (bicyclic) bond motifs is 3. The number of benzene rings is 4. The smallest absolute Gasteiger partial charge is 0.284 e. The lowest BCUT2D eigenvalue weighted by Crippen LogP contribution is -2.17. The number of hydrogen-bond donors (Lipinski definition) is 2. The lowest BCUT2D eigenvalue weighted by atomic mass is 10.1. The second kappa shape index (κ2) is 23.2. The average Bonchev–Trinajstić information content (AvgIpc) is 3.62. The highest BCUT2D eigenvalue weighted by Crippen LogP contribution is 2.20. The summed E-state index contributed by atoms with van der Waals surface area (Å²) in [7, 11) is 0. The molecule has 9 aromatic rings. The number of halogens is 4. The summed E-state index contributed by atoms with van der Waals surface area (Å²) in [5.41, 5.74) is 14.5. The molecule has 0 aliphatic carbocycles. The Morgan fingerprint density at radius 2 is 0.946 bits per heavy atom. The van der Waals surface area contributed by atoms with Gasteiger partial charge in [0.05, 0.1) is 6.20 Å². The minimum atomic E-state index is 0.785. The molecule has 3 N–H and O–H groups in total. The summed E-state index contributed by atoms with van der Waals surface area (Å²) in [4.78, 5) is 15.8. The number of para-hydroxylation sites is 3. The molecule has 9 rings (SSSR count). The van der Waals surface area contributed by atoms with Crippen molar-refractivity contribution in [2.45, 2.75) is 12.8 Å². The quantitative estimate of drug-likeness (QED) is 0.105. The topological polar surface area (TPSA) is 84.6 Å². The number of imidazole rings is 1. The Balaban J connectivity index is 0.000000137. The molecule has 0 saturated heterocycles. The van der Waals surface area contributed by atoms with Gasteiger partial charge >= 0.3 is 0 Å². The van der Waals surface area contributed by atoms with Gasteiger partial charge in [-0.15, -0.1) is 0 Å². The molecular formula is C46H39Br4N6+. The van der Waals surface area contributed by atoms with Gasteiger partial charge in [0.25, 0.3) is 5.65 Å². The maximum atomic E-state index is 5.47. The number of nitrogens with zero attached hydrogens (tertiary/aromatic N) is 4. The highest BCUT2D eigenvalue weighted by atomic mass is 79.9. The molecule has 0 spiro atoms. The first-order valence-corrected chi connectivity index (χ1v) is 20.7. The molecule has 0 fully saturated rings. The van der Waals surface area contributed by atoms with E-state index in [2.05, 4.69) is 143 Å². The van der Waals surface area contributed by atoms with E-state index < -0.39 is 0 Å². The van der Waals surface area contributed by atoms with Crippen LogP contribution in [0.4, 0.5) is 5.69 Å². The maximum Gasteiger partial charge on any atom is 0.284 e. The molecule has 0 aliphatic heterocycles. The van der Waals surface area contributed by atoms with Gasteiger partial charge < -0.3 is 5.73 Å². The van der Waals surface area contributed by atoms with E-state index in [1.807, 2.05) is 134 Å². The minimum Gasteiger partial charge on any atom is -0.398 e. The molecule has 5 heterocycles. The zero-order valence-corrected chi connectivity index (χ0v) is 36.6. The summed E-state index contributed by atoms with van der Waals surface area (Å²) in [6.07, 6.45) is 9.21. The highest BCUT2D eigenvalue weighted by molar-refractivity contribution is 9.11. The molecule has 0 aliphatic rings. The summed E-state index contributed by atoms with van der Waals surface area (Å²) in [6.45, 7) is 0. The Morgan fingerprint density at radius 3 is 1.41 bits per heavy atom. The first-order chi connectivity index (χ1) is 27.4. The molecule has 0 radical (unpaired) electrons. The standard InChI is InChI=1S/2C12H10BrN.C11H8N2.C6H6BrN.C5H4BrN/c2*13-12-7-2-1-5-10(12)9-11-6-3-4-8-14-11;1-2-6-10-9(5-1)12-11-7-3-4-8-13(10)11;7-5-3-1-2-4-6(5)8;6-5-3-1-2-4-7-5/h2*1-8H,9H2;1-8H;1-4H,8H2;1-4H/p+1. The van der Waals surface area contributed by atoms with Gasteiger partial charge in [-0.1, -0.05) is 117 Å². The number of aromatic amines is 1. The number of nitrogens with one attached hydrogen (secondary N) is 1. The van der Waals surface area contributed by atoms with E-state index in [4.69, 9.17) is 5.73 Å². The lowest BCUT2D eigenvalue weighted by molar-refractivity contribution is -0.481. The van der Waals surface area contributed by atoms with Crippen molar-refractivity contribution in [2.75, 3.05) is 5.73 Å². The molecule has 5 aromatic heterocycles. The van der Waals surface area contributed by atoms with Crippen LogP contribution in [0.15, 0.2) is 213 Å². The molecule has 6 nitrogen and oxygen atoms in total. The second-order valence-electron chi connectivity index (χ2n) is 12.0. The third-order valence-corrected chi connectivity index (χ3v) is 10.7. The monoisotopic (exact) mass is 991 g/mol. The number of H-pyrrole nitrogens is 1. The molecule has 4 aromatic carbocycles. The first-order valence-electron chi connectivity index (χ1n) is 17.6. The zero-order chi connectivity index (χ0) is 39.4. The van der Waals surface area contributed by atoms with Crippen LogP contribution in [0.5, 0.6) is 0 Å². The molecule has 280 valence electrons. The van der Waals surface area contributed by atoms with Crippen molar-refractivity contribution in [1.82, 2.24) is 19.9 Å². The molecule has 0 atom stereocenters. The summed E-state index contributed by atoms with van der Waals surface area (Å²) in [5.74, 6) is 0. The normalized spacial score (nSPS) is 10.0. The van der Waals surface area contributed by atoms with Crippen LogP contribution in [0.1, 0.15) is 22.5 Å². The Hall–Kier alpha value is -5.00. The SMILES string of the molecule is Brc1ccccc1Cc1ccccn1.Brc1ccccc1Cc1ccccn1.Brc1ccccn1.Nc1ccccc1Br.c1ccc2c(c1)[nH]c1cccc[n+]12. The predicted molar refractivity (Wildman–Crippen MR) is 244 cm³/mol. The number of rotatable bonds is 4. The number of nitrogen functional groups attached to an aromatic ring is 1. The van der Waals surface area contributed by atoms with Gasteiger partial charge in [0.1, 0.15) is 4.60 Å². The lowest BCUT2D eigenvalue weighted by Gasteiger charge is -2.02. The fraction of sp³-hybridized carbons (Fsp3) is 0.0435. The highest BCUT2D eigenvalue weighted by Gasteiger charge is 2.08. The van der Waals surface area contributed by atoms with Crippen LogP contribution in [0.25, 0.3) is 16.7 Å². The van der Waals surface area contributed by atoms with Gasteiger partial charge in [0.2, 0.25) is 0 Å². The van der Waals surface area contributed by atoms with Gasteiger partial charge in [-0.05, 0) is 122 Å². The van der Waals surface area contributed by atoms with Crippen LogP contribution in [-0.2, 0) is 12.8 Å². The fourth-order valence-electron chi connectivity index (χ4n) is 5.18. The number of pyridine rings is 4. The van der Waals surface area contributed by atoms with Crippen LogP contribution in [0, 0.1) is 0 Å². The Kier molecular flexibility index (Phi) is 17.4. The average molecular weight is 995 g/mol.